The number of ketones is 2. The minimum atomic E-state index is -2.95. The zero-order valence-electron chi connectivity index (χ0n) is 22.7. The Morgan fingerprint density at radius 2 is 1.50 bits per heavy atom. The minimum absolute atomic E-state index is 0.222. The minimum Gasteiger partial charge on any atom is -0.479 e. The maximum atomic E-state index is 14.6. The van der Waals surface area contributed by atoms with Crippen LogP contribution in [0.25, 0.3) is 0 Å². The van der Waals surface area contributed by atoms with Crippen molar-refractivity contribution >= 4 is 23.4 Å². The normalized spacial score (nSPS) is 18.3. The number of carbonyl (C=O) groups excluding carboxylic acids is 3. The summed E-state index contributed by atoms with van der Waals surface area (Å²) >= 11 is 0. The van der Waals surface area contributed by atoms with Crippen molar-refractivity contribution in [3.05, 3.63) is 35.9 Å². The number of hydrogen-bond donors (Lipinski definition) is 3. The van der Waals surface area contributed by atoms with E-state index in [1.54, 1.807) is 25.8 Å². The fraction of sp³-hybridized carbons (Fsp3) is 0.630. The highest BCUT2D eigenvalue weighted by Gasteiger charge is 2.63. The molecule has 0 aromatic heterocycles. The molecule has 36 heavy (non-hydrogen) atoms. The molecule has 0 heterocycles. The summed E-state index contributed by atoms with van der Waals surface area (Å²) in [5, 5.41) is 30.6. The fourth-order valence-corrected chi connectivity index (χ4v) is 4.76. The Morgan fingerprint density at radius 3 is 1.92 bits per heavy atom. The standard InChI is InChI=1S/C27H42N2O7/c1-9-17(3)21(28(7)16-20-14-12-11-13-15-20)22(31)27(18(4)10-2,29(8)23(32)19(5)30)24(33)26(6,36)25(34)35/h11-15,17-19,21,30,36H,9-10,16H2,1-8H3,(H,34,35)/t17-,18-,19+,21-,26-,27+/m0/s1. The molecule has 0 saturated carbocycles. The lowest BCUT2D eigenvalue weighted by Gasteiger charge is -2.49. The van der Waals surface area contributed by atoms with E-state index in [-0.39, 0.29) is 12.3 Å². The fourth-order valence-electron chi connectivity index (χ4n) is 4.76. The zero-order chi connectivity index (χ0) is 28.0. The molecule has 0 bridgehead atoms. The summed E-state index contributed by atoms with van der Waals surface area (Å²) < 4.78 is 0. The monoisotopic (exact) mass is 506 g/mol. The second kappa shape index (κ2) is 12.6. The number of nitrogens with zero attached hydrogens (tertiary/aromatic N) is 2. The van der Waals surface area contributed by atoms with Crippen molar-refractivity contribution in [3.63, 3.8) is 0 Å². The Bertz CT molecular complexity index is 931. The van der Waals surface area contributed by atoms with Crippen molar-refractivity contribution in [1.29, 1.82) is 0 Å². The second-order valence-electron chi connectivity index (χ2n) is 9.95. The molecule has 0 radical (unpaired) electrons. The van der Waals surface area contributed by atoms with Crippen LogP contribution in [0.3, 0.4) is 0 Å². The first-order valence-electron chi connectivity index (χ1n) is 12.4. The number of amides is 1. The lowest BCUT2D eigenvalue weighted by molar-refractivity contribution is -0.177. The molecule has 202 valence electrons. The molecular weight excluding hydrogens is 464 g/mol. The number of carboxylic acids is 1. The van der Waals surface area contributed by atoms with Gasteiger partial charge in [0.05, 0.1) is 6.04 Å². The third-order valence-electron chi connectivity index (χ3n) is 7.32. The molecule has 0 aliphatic carbocycles. The molecule has 0 unspecified atom stereocenters. The molecule has 1 rings (SSSR count). The van der Waals surface area contributed by atoms with Crippen LogP contribution in [-0.2, 0) is 25.7 Å². The van der Waals surface area contributed by atoms with Gasteiger partial charge in [-0.05, 0) is 38.3 Å². The van der Waals surface area contributed by atoms with Crippen molar-refractivity contribution in [2.75, 3.05) is 14.1 Å². The van der Waals surface area contributed by atoms with Crippen LogP contribution in [0.15, 0.2) is 30.3 Å². The molecule has 9 nitrogen and oxygen atoms in total. The van der Waals surface area contributed by atoms with E-state index in [1.807, 2.05) is 44.2 Å². The lowest BCUT2D eigenvalue weighted by Crippen LogP contribution is -2.73. The highest BCUT2D eigenvalue weighted by Crippen LogP contribution is 2.37. The van der Waals surface area contributed by atoms with Gasteiger partial charge in [-0.2, -0.15) is 0 Å². The third-order valence-corrected chi connectivity index (χ3v) is 7.32. The molecule has 1 aromatic carbocycles. The molecule has 0 aliphatic heterocycles. The van der Waals surface area contributed by atoms with E-state index < -0.39 is 52.6 Å². The molecule has 6 atom stereocenters. The Kier molecular flexibility index (Phi) is 11.0. The SMILES string of the molecule is CC[C@H](C)[C@@H](C(=O)[C@@](C(=O)[C@](C)(O)C(=O)O)([C@@H](C)CC)N(C)C(=O)[C@@H](C)O)N(C)Cc1ccccc1. The Balaban J connectivity index is 3.92. The van der Waals surface area contributed by atoms with Gasteiger partial charge < -0.3 is 20.2 Å². The molecule has 0 spiro atoms. The van der Waals surface area contributed by atoms with Gasteiger partial charge in [-0.3, -0.25) is 19.3 Å². The van der Waals surface area contributed by atoms with Crippen molar-refractivity contribution in [2.24, 2.45) is 11.8 Å². The van der Waals surface area contributed by atoms with Gasteiger partial charge in [0, 0.05) is 13.6 Å². The molecule has 1 aromatic rings. The largest absolute Gasteiger partial charge is 0.479 e. The van der Waals surface area contributed by atoms with Crippen LogP contribution in [-0.4, -0.2) is 85.9 Å². The quantitative estimate of drug-likeness (QED) is 0.327. The number of carbonyl (C=O) groups is 4. The van der Waals surface area contributed by atoms with Crippen molar-refractivity contribution in [1.82, 2.24) is 9.80 Å². The highest BCUT2D eigenvalue weighted by atomic mass is 16.4. The Morgan fingerprint density at radius 1 is 0.972 bits per heavy atom. The summed E-state index contributed by atoms with van der Waals surface area (Å²) in [5.74, 6) is -5.90. The number of likely N-dealkylation sites (N-methyl/N-ethyl adjacent to an activating group) is 2. The van der Waals surface area contributed by atoms with Gasteiger partial charge in [-0.15, -0.1) is 0 Å². The topological polar surface area (TPSA) is 135 Å². The van der Waals surface area contributed by atoms with Crippen molar-refractivity contribution in [2.45, 2.75) is 84.2 Å². The molecule has 3 N–H and O–H groups in total. The molecule has 0 saturated heterocycles. The van der Waals surface area contributed by atoms with E-state index in [0.717, 1.165) is 17.4 Å². The number of Topliss-reactive ketones (excluding diaryl/α,β-unsaturated/α-hetero) is 2. The first kappa shape index (κ1) is 31.4. The smallest absolute Gasteiger partial charge is 0.343 e. The molecule has 0 aliphatic rings. The summed E-state index contributed by atoms with van der Waals surface area (Å²) in [7, 11) is 2.94. The number of hydrogen-bond acceptors (Lipinski definition) is 7. The van der Waals surface area contributed by atoms with Crippen LogP contribution in [0.1, 0.15) is 59.9 Å². The van der Waals surface area contributed by atoms with Gasteiger partial charge in [0.15, 0.2) is 11.3 Å². The highest BCUT2D eigenvalue weighted by molar-refractivity contribution is 6.23. The van der Waals surface area contributed by atoms with Gasteiger partial charge in [0.2, 0.25) is 11.4 Å². The van der Waals surface area contributed by atoms with Gasteiger partial charge in [-0.1, -0.05) is 70.9 Å². The average molecular weight is 507 g/mol. The summed E-state index contributed by atoms with van der Waals surface area (Å²) in [4.78, 5) is 56.3. The summed E-state index contributed by atoms with van der Waals surface area (Å²) in [6, 6.07) is 8.52. The summed E-state index contributed by atoms with van der Waals surface area (Å²) in [5.41, 5.74) is -4.37. The number of benzene rings is 1. The summed E-state index contributed by atoms with van der Waals surface area (Å²) in [6.07, 6.45) is -0.776. The van der Waals surface area contributed by atoms with Gasteiger partial charge in [-0.25, -0.2) is 4.79 Å². The van der Waals surface area contributed by atoms with Gasteiger partial charge in [0.25, 0.3) is 5.91 Å². The van der Waals surface area contributed by atoms with Crippen LogP contribution in [0, 0.1) is 11.8 Å². The molecule has 9 heteroatoms. The average Bonchev–Trinajstić information content (AvgIpc) is 2.83. The maximum Gasteiger partial charge on any atom is 0.343 e. The van der Waals surface area contributed by atoms with E-state index in [1.165, 1.54) is 14.0 Å². The third kappa shape index (κ3) is 6.02. The molecular formula is C27H42N2O7. The Labute approximate surface area is 214 Å². The maximum absolute atomic E-state index is 14.6. The van der Waals surface area contributed by atoms with Crippen LogP contribution in [0.4, 0.5) is 0 Å². The van der Waals surface area contributed by atoms with Crippen molar-refractivity contribution in [3.8, 4) is 0 Å². The van der Waals surface area contributed by atoms with E-state index in [9.17, 15) is 34.5 Å². The van der Waals surface area contributed by atoms with Crippen LogP contribution < -0.4 is 0 Å². The van der Waals surface area contributed by atoms with E-state index in [4.69, 9.17) is 0 Å². The van der Waals surface area contributed by atoms with E-state index in [2.05, 4.69) is 0 Å². The van der Waals surface area contributed by atoms with E-state index in [0.29, 0.717) is 13.0 Å². The molecule has 1 amide bonds. The molecule has 0 fully saturated rings. The number of aliphatic hydroxyl groups excluding tert-OH is 1. The number of carboxylic acid groups (broad SMARTS) is 1. The number of rotatable bonds is 14. The van der Waals surface area contributed by atoms with Gasteiger partial charge >= 0.3 is 5.97 Å². The lowest BCUT2D eigenvalue weighted by atomic mass is 9.67. The van der Waals surface area contributed by atoms with Gasteiger partial charge in [0.1, 0.15) is 6.10 Å². The van der Waals surface area contributed by atoms with Crippen LogP contribution in [0.5, 0.6) is 0 Å². The first-order chi connectivity index (χ1) is 16.6. The van der Waals surface area contributed by atoms with Crippen LogP contribution >= 0.6 is 0 Å². The summed E-state index contributed by atoms with van der Waals surface area (Å²) in [6.45, 7) is 9.41. The zero-order valence-corrected chi connectivity index (χ0v) is 22.7. The second-order valence-corrected chi connectivity index (χ2v) is 9.95. The van der Waals surface area contributed by atoms with Crippen molar-refractivity contribution < 1.29 is 34.5 Å². The predicted octanol–water partition coefficient (Wildman–Crippen LogP) is 2.13. The predicted molar refractivity (Wildman–Crippen MR) is 136 cm³/mol. The van der Waals surface area contributed by atoms with Crippen LogP contribution in [0.2, 0.25) is 0 Å². The Hall–Kier alpha value is -2.62. The number of aliphatic hydroxyl groups is 2. The van der Waals surface area contributed by atoms with E-state index >= 15 is 0 Å². The number of aliphatic carboxylic acids is 1. The first-order valence-corrected chi connectivity index (χ1v) is 12.4.